The SMILES string of the molecule is C[C@@H]1CCCCN1C(=O)CSc1nc(C2CC2)n(-c2ccccc2)n1. The molecule has 5 nitrogen and oxygen atoms in total. The van der Waals surface area contributed by atoms with E-state index in [1.165, 1.54) is 31.0 Å². The molecule has 1 aliphatic carbocycles. The van der Waals surface area contributed by atoms with E-state index in [1.807, 2.05) is 27.8 Å². The predicted octanol–water partition coefficient (Wildman–Crippen LogP) is 3.64. The maximum Gasteiger partial charge on any atom is 0.233 e. The molecular weight excluding hydrogens is 332 g/mol. The van der Waals surface area contributed by atoms with Crippen molar-refractivity contribution in [1.29, 1.82) is 0 Å². The number of rotatable bonds is 5. The van der Waals surface area contributed by atoms with Gasteiger partial charge in [-0.15, -0.1) is 5.10 Å². The summed E-state index contributed by atoms with van der Waals surface area (Å²) >= 11 is 1.46. The van der Waals surface area contributed by atoms with Gasteiger partial charge in [-0.2, -0.15) is 0 Å². The van der Waals surface area contributed by atoms with Gasteiger partial charge in [-0.1, -0.05) is 30.0 Å². The number of thioether (sulfide) groups is 1. The van der Waals surface area contributed by atoms with Crippen LogP contribution in [0.3, 0.4) is 0 Å². The van der Waals surface area contributed by atoms with Crippen LogP contribution in [0.25, 0.3) is 5.69 Å². The first-order valence-electron chi connectivity index (χ1n) is 9.17. The topological polar surface area (TPSA) is 51.0 Å². The predicted molar refractivity (Wildman–Crippen MR) is 99.1 cm³/mol. The molecule has 0 radical (unpaired) electrons. The van der Waals surface area contributed by atoms with E-state index in [0.29, 0.717) is 22.9 Å². The molecule has 0 unspecified atom stereocenters. The molecule has 1 amide bonds. The summed E-state index contributed by atoms with van der Waals surface area (Å²) in [6, 6.07) is 10.5. The minimum Gasteiger partial charge on any atom is -0.339 e. The van der Waals surface area contributed by atoms with Crippen molar-refractivity contribution < 1.29 is 4.79 Å². The molecule has 6 heteroatoms. The van der Waals surface area contributed by atoms with Crippen molar-refractivity contribution in [3.05, 3.63) is 36.2 Å². The van der Waals surface area contributed by atoms with Crippen LogP contribution in [-0.2, 0) is 4.79 Å². The summed E-state index contributed by atoms with van der Waals surface area (Å²) in [6.07, 6.45) is 5.82. The largest absolute Gasteiger partial charge is 0.339 e. The number of para-hydroxylation sites is 1. The zero-order valence-corrected chi connectivity index (χ0v) is 15.4. The third-order valence-corrected chi connectivity index (χ3v) is 5.83. The number of benzene rings is 1. The van der Waals surface area contributed by atoms with E-state index in [4.69, 9.17) is 4.98 Å². The van der Waals surface area contributed by atoms with Gasteiger partial charge < -0.3 is 4.90 Å². The van der Waals surface area contributed by atoms with Crippen molar-refractivity contribution in [2.24, 2.45) is 0 Å². The van der Waals surface area contributed by atoms with Gasteiger partial charge in [0.25, 0.3) is 0 Å². The Morgan fingerprint density at radius 2 is 2.00 bits per heavy atom. The maximum absolute atomic E-state index is 12.5. The summed E-state index contributed by atoms with van der Waals surface area (Å²) in [5.41, 5.74) is 1.04. The Bertz CT molecular complexity index is 741. The summed E-state index contributed by atoms with van der Waals surface area (Å²) in [4.78, 5) is 19.3. The van der Waals surface area contributed by atoms with E-state index in [1.54, 1.807) is 0 Å². The molecule has 1 aliphatic heterocycles. The van der Waals surface area contributed by atoms with Crippen LogP contribution in [0.15, 0.2) is 35.5 Å². The average molecular weight is 356 g/mol. The maximum atomic E-state index is 12.5. The highest BCUT2D eigenvalue weighted by Gasteiger charge is 2.31. The van der Waals surface area contributed by atoms with E-state index in [0.717, 1.165) is 30.9 Å². The first-order valence-corrected chi connectivity index (χ1v) is 10.2. The smallest absolute Gasteiger partial charge is 0.233 e. The Balaban J connectivity index is 1.47. The molecule has 25 heavy (non-hydrogen) atoms. The number of aromatic nitrogens is 3. The normalized spacial score (nSPS) is 20.7. The first kappa shape index (κ1) is 16.6. The standard InChI is InChI=1S/C19H24N4OS/c1-14-7-5-6-12-22(14)17(24)13-25-19-20-18(15-10-11-15)23(21-19)16-8-3-2-4-9-16/h2-4,8-9,14-15H,5-7,10-13H2,1H3/t14-/m1/s1. The number of piperidine rings is 1. The molecule has 1 saturated carbocycles. The summed E-state index contributed by atoms with van der Waals surface area (Å²) in [6.45, 7) is 3.04. The van der Waals surface area contributed by atoms with Crippen LogP contribution in [0.2, 0.25) is 0 Å². The van der Waals surface area contributed by atoms with Crippen LogP contribution in [-0.4, -0.2) is 43.9 Å². The van der Waals surface area contributed by atoms with Crippen molar-refractivity contribution in [2.75, 3.05) is 12.3 Å². The van der Waals surface area contributed by atoms with E-state index in [-0.39, 0.29) is 5.91 Å². The molecule has 0 spiro atoms. The van der Waals surface area contributed by atoms with Crippen molar-refractivity contribution in [2.45, 2.75) is 56.1 Å². The Hall–Kier alpha value is -1.82. The van der Waals surface area contributed by atoms with Gasteiger partial charge in [0.05, 0.1) is 11.4 Å². The molecule has 1 aromatic carbocycles. The second kappa shape index (κ2) is 7.20. The van der Waals surface area contributed by atoms with Crippen molar-refractivity contribution >= 4 is 17.7 Å². The number of nitrogens with zero attached hydrogens (tertiary/aromatic N) is 4. The van der Waals surface area contributed by atoms with Gasteiger partial charge in [0, 0.05) is 18.5 Å². The third-order valence-electron chi connectivity index (χ3n) is 5.00. The number of carbonyl (C=O) groups is 1. The van der Waals surface area contributed by atoms with Gasteiger partial charge in [-0.25, -0.2) is 9.67 Å². The molecule has 2 fully saturated rings. The highest BCUT2D eigenvalue weighted by Crippen LogP contribution is 2.40. The minimum atomic E-state index is 0.209. The van der Waals surface area contributed by atoms with Gasteiger partial charge in [0.15, 0.2) is 0 Å². The zero-order chi connectivity index (χ0) is 17.2. The third kappa shape index (κ3) is 3.73. The lowest BCUT2D eigenvalue weighted by Crippen LogP contribution is -2.42. The highest BCUT2D eigenvalue weighted by atomic mass is 32.2. The van der Waals surface area contributed by atoms with Gasteiger partial charge in [-0.05, 0) is 51.2 Å². The van der Waals surface area contributed by atoms with Gasteiger partial charge >= 0.3 is 0 Å². The van der Waals surface area contributed by atoms with E-state index >= 15 is 0 Å². The van der Waals surface area contributed by atoms with Crippen LogP contribution in [0.1, 0.15) is 50.8 Å². The lowest BCUT2D eigenvalue weighted by Gasteiger charge is -2.33. The van der Waals surface area contributed by atoms with Crippen LogP contribution >= 0.6 is 11.8 Å². The Labute approximate surface area is 152 Å². The second-order valence-electron chi connectivity index (χ2n) is 6.99. The molecule has 1 atom stereocenters. The first-order chi connectivity index (χ1) is 12.2. The number of hydrogen-bond acceptors (Lipinski definition) is 4. The van der Waals surface area contributed by atoms with Crippen molar-refractivity contribution in [3.8, 4) is 5.69 Å². The molecule has 132 valence electrons. The molecule has 0 bridgehead atoms. The van der Waals surface area contributed by atoms with Crippen LogP contribution in [0, 0.1) is 0 Å². The van der Waals surface area contributed by atoms with Crippen molar-refractivity contribution in [3.63, 3.8) is 0 Å². The Kier molecular flexibility index (Phi) is 4.79. The Morgan fingerprint density at radius 3 is 2.72 bits per heavy atom. The minimum absolute atomic E-state index is 0.209. The second-order valence-corrected chi connectivity index (χ2v) is 7.94. The van der Waals surface area contributed by atoms with Crippen LogP contribution in [0.4, 0.5) is 0 Å². The highest BCUT2D eigenvalue weighted by molar-refractivity contribution is 7.99. The number of likely N-dealkylation sites (tertiary alicyclic amines) is 1. The lowest BCUT2D eigenvalue weighted by atomic mass is 10.0. The molecule has 4 rings (SSSR count). The fourth-order valence-corrected chi connectivity index (χ4v) is 4.12. The van der Waals surface area contributed by atoms with E-state index in [9.17, 15) is 4.79 Å². The summed E-state index contributed by atoms with van der Waals surface area (Å²) in [5.74, 6) is 2.18. The van der Waals surface area contributed by atoms with Crippen LogP contribution in [0.5, 0.6) is 0 Å². The molecule has 2 aliphatic rings. The molecule has 2 heterocycles. The fourth-order valence-electron chi connectivity index (χ4n) is 3.41. The van der Waals surface area contributed by atoms with Gasteiger partial charge in [-0.3, -0.25) is 4.79 Å². The number of amides is 1. The molecule has 1 aromatic heterocycles. The number of carbonyl (C=O) groups excluding carboxylic acids is 1. The van der Waals surface area contributed by atoms with Crippen LogP contribution < -0.4 is 0 Å². The molecule has 1 saturated heterocycles. The van der Waals surface area contributed by atoms with Gasteiger partial charge in [0.2, 0.25) is 11.1 Å². The van der Waals surface area contributed by atoms with Gasteiger partial charge in [0.1, 0.15) is 5.82 Å². The quantitative estimate of drug-likeness (QED) is 0.768. The average Bonchev–Trinajstić information content (AvgIpc) is 3.40. The summed E-state index contributed by atoms with van der Waals surface area (Å²) < 4.78 is 1.95. The summed E-state index contributed by atoms with van der Waals surface area (Å²) in [5, 5.41) is 5.39. The molecule has 2 aromatic rings. The summed E-state index contributed by atoms with van der Waals surface area (Å²) in [7, 11) is 0. The lowest BCUT2D eigenvalue weighted by molar-refractivity contribution is -0.131. The van der Waals surface area contributed by atoms with E-state index in [2.05, 4.69) is 24.2 Å². The Morgan fingerprint density at radius 1 is 1.20 bits per heavy atom. The fraction of sp³-hybridized carbons (Fsp3) is 0.526. The number of hydrogen-bond donors (Lipinski definition) is 0. The zero-order valence-electron chi connectivity index (χ0n) is 14.6. The van der Waals surface area contributed by atoms with E-state index < -0.39 is 0 Å². The monoisotopic (exact) mass is 356 g/mol. The molecule has 0 N–H and O–H groups in total. The molecular formula is C19H24N4OS. The van der Waals surface area contributed by atoms with Crippen molar-refractivity contribution in [1.82, 2.24) is 19.7 Å².